The van der Waals surface area contributed by atoms with E-state index < -0.39 is 0 Å². The highest BCUT2D eigenvalue weighted by Gasteiger charge is 2.59. The van der Waals surface area contributed by atoms with E-state index in [4.69, 9.17) is 4.74 Å². The first-order valence-corrected chi connectivity index (χ1v) is 10.3. The van der Waals surface area contributed by atoms with Crippen LogP contribution in [-0.4, -0.2) is 17.9 Å². The lowest BCUT2D eigenvalue weighted by Gasteiger charge is -2.57. The van der Waals surface area contributed by atoms with Crippen LogP contribution in [0.2, 0.25) is 0 Å². The highest BCUT2D eigenvalue weighted by atomic mass is 16.5. The smallest absolute Gasteiger partial charge is 0.305 e. The lowest BCUT2D eigenvalue weighted by molar-refractivity contribution is -0.159. The molecule has 0 aliphatic heterocycles. The third-order valence-corrected chi connectivity index (χ3v) is 8.44. The molecule has 0 unspecified atom stereocenters. The van der Waals surface area contributed by atoms with Crippen molar-refractivity contribution in [1.82, 2.24) is 0 Å². The minimum Gasteiger partial charge on any atom is -0.462 e. The van der Waals surface area contributed by atoms with Gasteiger partial charge in [-0.3, -0.25) is 9.59 Å². The van der Waals surface area contributed by atoms with Crippen LogP contribution in [-0.2, 0) is 14.3 Å². The topological polar surface area (TPSA) is 43.4 Å². The zero-order chi connectivity index (χ0) is 17.8. The summed E-state index contributed by atoms with van der Waals surface area (Å²) in [5, 5.41) is 0. The van der Waals surface area contributed by atoms with Gasteiger partial charge < -0.3 is 4.74 Å². The third-order valence-electron chi connectivity index (χ3n) is 8.44. The number of esters is 1. The Balaban J connectivity index is 1.59. The quantitative estimate of drug-likeness (QED) is 0.673. The summed E-state index contributed by atoms with van der Waals surface area (Å²) in [5.41, 5.74) is 1.82. The van der Waals surface area contributed by atoms with Crippen LogP contribution >= 0.6 is 0 Å². The number of hydrogen-bond acceptors (Lipinski definition) is 3. The summed E-state index contributed by atoms with van der Waals surface area (Å²) >= 11 is 0. The molecule has 0 amide bonds. The fourth-order valence-corrected chi connectivity index (χ4v) is 6.95. The number of ketones is 1. The molecule has 0 aromatic carbocycles. The molecule has 0 spiro atoms. The van der Waals surface area contributed by atoms with Gasteiger partial charge in [-0.1, -0.05) is 26.3 Å². The summed E-state index contributed by atoms with van der Waals surface area (Å²) in [7, 11) is 0. The second kappa shape index (κ2) is 5.96. The Morgan fingerprint density at radius 2 is 1.92 bits per heavy atom. The Hall–Kier alpha value is -1.12. The monoisotopic (exact) mass is 344 g/mol. The SMILES string of the molecule is CCC(=O)O[C@H]1CC[C@@H]2[C@H]3CCC4=CC(=O)CC[C@]4(C)[C@@H]3CC[C@]12C. The molecule has 25 heavy (non-hydrogen) atoms. The third kappa shape index (κ3) is 2.52. The van der Waals surface area contributed by atoms with Crippen molar-refractivity contribution in [3.8, 4) is 0 Å². The number of ether oxygens (including phenoxy) is 1. The maximum Gasteiger partial charge on any atom is 0.305 e. The van der Waals surface area contributed by atoms with Crippen LogP contribution in [0, 0.1) is 28.6 Å². The molecular formula is C22H32O3. The zero-order valence-corrected chi connectivity index (χ0v) is 16.0. The van der Waals surface area contributed by atoms with Gasteiger partial charge >= 0.3 is 5.97 Å². The van der Waals surface area contributed by atoms with Crippen LogP contribution < -0.4 is 0 Å². The number of rotatable bonds is 2. The first-order valence-electron chi connectivity index (χ1n) is 10.3. The largest absolute Gasteiger partial charge is 0.462 e. The lowest BCUT2D eigenvalue weighted by atomic mass is 9.47. The lowest BCUT2D eigenvalue weighted by Crippen LogP contribution is -2.51. The average Bonchev–Trinajstić information content (AvgIpc) is 2.92. The molecule has 0 heterocycles. The molecule has 4 rings (SSSR count). The van der Waals surface area contributed by atoms with Crippen molar-refractivity contribution in [2.45, 2.75) is 84.7 Å². The summed E-state index contributed by atoms with van der Waals surface area (Å²) < 4.78 is 5.86. The Morgan fingerprint density at radius 3 is 2.68 bits per heavy atom. The molecule has 3 heteroatoms. The minimum absolute atomic E-state index is 0.0411. The van der Waals surface area contributed by atoms with Crippen molar-refractivity contribution in [1.29, 1.82) is 0 Å². The maximum atomic E-state index is 11.9. The Morgan fingerprint density at radius 1 is 1.12 bits per heavy atom. The zero-order valence-electron chi connectivity index (χ0n) is 16.0. The Labute approximate surface area is 151 Å². The number of allylic oxidation sites excluding steroid dienone is 1. The summed E-state index contributed by atoms with van der Waals surface area (Å²) in [6, 6.07) is 0. The number of carbonyl (C=O) groups excluding carboxylic acids is 2. The van der Waals surface area contributed by atoms with Gasteiger partial charge in [0.05, 0.1) is 0 Å². The van der Waals surface area contributed by atoms with Crippen LogP contribution in [0.15, 0.2) is 11.6 Å². The summed E-state index contributed by atoms with van der Waals surface area (Å²) in [5.74, 6) is 2.41. The molecule has 138 valence electrons. The second-order valence-electron chi connectivity index (χ2n) is 9.42. The molecule has 0 radical (unpaired) electrons. The summed E-state index contributed by atoms with van der Waals surface area (Å²) in [4.78, 5) is 23.8. The maximum absolute atomic E-state index is 11.9. The van der Waals surface area contributed by atoms with Gasteiger partial charge in [0.15, 0.2) is 5.78 Å². The van der Waals surface area contributed by atoms with E-state index in [-0.39, 0.29) is 22.9 Å². The van der Waals surface area contributed by atoms with Crippen molar-refractivity contribution in [3.05, 3.63) is 11.6 Å². The highest BCUT2D eigenvalue weighted by molar-refractivity contribution is 5.91. The first kappa shape index (κ1) is 17.3. The van der Waals surface area contributed by atoms with Gasteiger partial charge in [0.1, 0.15) is 6.10 Å². The Kier molecular flexibility index (Phi) is 4.12. The minimum atomic E-state index is -0.0411. The standard InChI is InChI=1S/C22H32O3/c1-4-20(24)25-19-8-7-17-16-6-5-14-13-15(23)9-11-21(14,2)18(16)10-12-22(17,19)3/h13,16-19H,4-12H2,1-3H3/t16-,17-,18-,19+,21+,22+/m1/s1. The average molecular weight is 344 g/mol. The van der Waals surface area contributed by atoms with Gasteiger partial charge in [0, 0.05) is 18.3 Å². The van der Waals surface area contributed by atoms with Crippen molar-refractivity contribution >= 4 is 11.8 Å². The van der Waals surface area contributed by atoms with Crippen LogP contribution in [0.5, 0.6) is 0 Å². The molecule has 0 aromatic heterocycles. The van der Waals surface area contributed by atoms with Crippen molar-refractivity contribution in [2.24, 2.45) is 28.6 Å². The fourth-order valence-electron chi connectivity index (χ4n) is 6.95. The van der Waals surface area contributed by atoms with Crippen LogP contribution in [0.4, 0.5) is 0 Å². The van der Waals surface area contributed by atoms with Crippen molar-refractivity contribution in [2.75, 3.05) is 0 Å². The van der Waals surface area contributed by atoms with E-state index in [1.54, 1.807) is 0 Å². The predicted molar refractivity (Wildman–Crippen MR) is 96.9 cm³/mol. The van der Waals surface area contributed by atoms with Gasteiger partial charge in [-0.15, -0.1) is 0 Å². The van der Waals surface area contributed by atoms with Crippen molar-refractivity contribution < 1.29 is 14.3 Å². The van der Waals surface area contributed by atoms with E-state index in [2.05, 4.69) is 13.8 Å². The van der Waals surface area contributed by atoms with Crippen molar-refractivity contribution in [3.63, 3.8) is 0 Å². The number of fused-ring (bicyclic) bond motifs is 5. The molecule has 4 aliphatic rings. The van der Waals surface area contributed by atoms with Gasteiger partial charge in [0.25, 0.3) is 0 Å². The highest BCUT2D eigenvalue weighted by Crippen LogP contribution is 2.65. The molecule has 0 saturated heterocycles. The molecule has 6 atom stereocenters. The summed E-state index contributed by atoms with van der Waals surface area (Å²) in [6.45, 7) is 6.69. The normalized spacial score (nSPS) is 45.9. The van der Waals surface area contributed by atoms with E-state index >= 15 is 0 Å². The van der Waals surface area contributed by atoms with Gasteiger partial charge in [0.2, 0.25) is 0 Å². The molecule has 0 aromatic rings. The van der Waals surface area contributed by atoms with Gasteiger partial charge in [-0.25, -0.2) is 0 Å². The fraction of sp³-hybridized carbons (Fsp3) is 0.818. The number of carbonyl (C=O) groups is 2. The van der Waals surface area contributed by atoms with E-state index in [1.807, 2.05) is 13.0 Å². The molecule has 4 aliphatic carbocycles. The molecule has 0 bridgehead atoms. The van der Waals surface area contributed by atoms with E-state index in [9.17, 15) is 9.59 Å². The number of hydrogen-bond donors (Lipinski definition) is 0. The van der Waals surface area contributed by atoms with E-state index in [1.165, 1.54) is 24.8 Å². The Bertz CT molecular complexity index is 621. The van der Waals surface area contributed by atoms with E-state index in [0.717, 1.165) is 38.0 Å². The van der Waals surface area contributed by atoms with Gasteiger partial charge in [-0.05, 0) is 74.2 Å². The van der Waals surface area contributed by atoms with Crippen LogP contribution in [0.25, 0.3) is 0 Å². The molecular weight excluding hydrogens is 312 g/mol. The van der Waals surface area contributed by atoms with Gasteiger partial charge in [-0.2, -0.15) is 0 Å². The van der Waals surface area contributed by atoms with E-state index in [0.29, 0.717) is 24.0 Å². The van der Waals surface area contributed by atoms with Crippen LogP contribution in [0.1, 0.15) is 78.6 Å². The molecule has 3 fully saturated rings. The predicted octanol–water partition coefficient (Wildman–Crippen LogP) is 4.84. The van der Waals surface area contributed by atoms with Crippen LogP contribution in [0.3, 0.4) is 0 Å². The molecule has 3 saturated carbocycles. The molecule has 3 nitrogen and oxygen atoms in total. The first-order chi connectivity index (χ1) is 11.9. The molecule has 0 N–H and O–H groups in total. The summed E-state index contributed by atoms with van der Waals surface area (Å²) in [6.07, 6.45) is 11.3. The second-order valence-corrected chi connectivity index (χ2v) is 9.42.